The third-order valence-electron chi connectivity index (χ3n) is 3.11. The van der Waals surface area contributed by atoms with E-state index in [0.717, 1.165) is 28.6 Å². The number of furan rings is 2. The molecule has 0 amide bonds. The second kappa shape index (κ2) is 4.70. The van der Waals surface area contributed by atoms with Gasteiger partial charge in [-0.2, -0.15) is 0 Å². The normalized spacial score (nSPS) is 12.9. The molecule has 0 aliphatic rings. The highest BCUT2D eigenvalue weighted by Gasteiger charge is 2.18. The number of hydrogen-bond acceptors (Lipinski definition) is 3. The first-order valence-electron chi connectivity index (χ1n) is 6.11. The Hall–Kier alpha value is -2.00. The molecule has 1 aromatic carbocycles. The van der Waals surface area contributed by atoms with Crippen LogP contribution in [0, 0.1) is 0 Å². The minimum absolute atomic E-state index is 0.109. The van der Waals surface area contributed by atoms with Crippen LogP contribution in [0.5, 0.6) is 0 Å². The summed E-state index contributed by atoms with van der Waals surface area (Å²) in [5.74, 6) is 0. The number of para-hydroxylation sites is 1. The van der Waals surface area contributed by atoms with Gasteiger partial charge in [0.2, 0.25) is 0 Å². The molecule has 18 heavy (non-hydrogen) atoms. The summed E-state index contributed by atoms with van der Waals surface area (Å²) in [6.45, 7) is 2.98. The fourth-order valence-corrected chi connectivity index (χ4v) is 2.27. The van der Waals surface area contributed by atoms with E-state index < -0.39 is 0 Å². The van der Waals surface area contributed by atoms with E-state index in [9.17, 15) is 0 Å². The molecule has 0 bridgehead atoms. The molecule has 3 aromatic rings. The van der Waals surface area contributed by atoms with Crippen LogP contribution in [0.1, 0.15) is 24.1 Å². The average Bonchev–Trinajstić information content (AvgIpc) is 3.06. The summed E-state index contributed by atoms with van der Waals surface area (Å²) in [5.41, 5.74) is 3.18. The lowest BCUT2D eigenvalue weighted by Gasteiger charge is -2.14. The number of rotatable bonds is 4. The van der Waals surface area contributed by atoms with Crippen molar-refractivity contribution in [2.24, 2.45) is 0 Å². The monoisotopic (exact) mass is 241 g/mol. The Bertz CT molecular complexity index is 625. The second-order valence-corrected chi connectivity index (χ2v) is 4.23. The van der Waals surface area contributed by atoms with Gasteiger partial charge in [-0.05, 0) is 18.7 Å². The summed E-state index contributed by atoms with van der Waals surface area (Å²) >= 11 is 0. The summed E-state index contributed by atoms with van der Waals surface area (Å²) in [4.78, 5) is 0. The average molecular weight is 241 g/mol. The predicted molar refractivity (Wildman–Crippen MR) is 70.4 cm³/mol. The van der Waals surface area contributed by atoms with E-state index in [1.54, 1.807) is 12.5 Å². The first kappa shape index (κ1) is 11.1. The fraction of sp³-hybridized carbons (Fsp3) is 0.200. The van der Waals surface area contributed by atoms with Crippen molar-refractivity contribution in [3.63, 3.8) is 0 Å². The van der Waals surface area contributed by atoms with Gasteiger partial charge >= 0.3 is 0 Å². The van der Waals surface area contributed by atoms with Gasteiger partial charge in [-0.3, -0.25) is 0 Å². The molecule has 2 aromatic heterocycles. The van der Waals surface area contributed by atoms with E-state index in [4.69, 9.17) is 8.83 Å². The van der Waals surface area contributed by atoms with Gasteiger partial charge in [-0.25, -0.2) is 0 Å². The third-order valence-corrected chi connectivity index (χ3v) is 3.11. The fourth-order valence-electron chi connectivity index (χ4n) is 2.27. The minimum atomic E-state index is 0.109. The largest absolute Gasteiger partial charge is 0.472 e. The topological polar surface area (TPSA) is 38.3 Å². The van der Waals surface area contributed by atoms with Crippen LogP contribution in [-0.4, -0.2) is 6.54 Å². The molecule has 0 fully saturated rings. The second-order valence-electron chi connectivity index (χ2n) is 4.23. The highest BCUT2D eigenvalue weighted by atomic mass is 16.3. The Balaban J connectivity index is 2.10. The van der Waals surface area contributed by atoms with Gasteiger partial charge < -0.3 is 14.2 Å². The summed E-state index contributed by atoms with van der Waals surface area (Å²) in [6.07, 6.45) is 5.29. The zero-order chi connectivity index (χ0) is 12.4. The maximum absolute atomic E-state index is 5.60. The molecule has 1 N–H and O–H groups in total. The van der Waals surface area contributed by atoms with Crippen LogP contribution in [0.15, 0.2) is 58.0 Å². The van der Waals surface area contributed by atoms with Crippen molar-refractivity contribution in [2.75, 3.05) is 6.54 Å². The highest BCUT2D eigenvalue weighted by Crippen LogP contribution is 2.30. The van der Waals surface area contributed by atoms with E-state index >= 15 is 0 Å². The van der Waals surface area contributed by atoms with Gasteiger partial charge in [0.15, 0.2) is 0 Å². The van der Waals surface area contributed by atoms with Crippen LogP contribution in [0.3, 0.4) is 0 Å². The molecule has 0 aliphatic heterocycles. The molecule has 2 heterocycles. The maximum Gasteiger partial charge on any atom is 0.134 e. The molecular weight excluding hydrogens is 226 g/mol. The van der Waals surface area contributed by atoms with Crippen molar-refractivity contribution in [3.8, 4) is 0 Å². The molecule has 3 nitrogen and oxygen atoms in total. The molecule has 0 radical (unpaired) electrons. The molecule has 1 atom stereocenters. The molecule has 0 spiro atoms. The zero-order valence-corrected chi connectivity index (χ0v) is 10.2. The summed E-state index contributed by atoms with van der Waals surface area (Å²) in [6, 6.07) is 10.2. The Labute approximate surface area is 105 Å². The molecule has 0 saturated carbocycles. The molecular formula is C15H15NO2. The van der Waals surface area contributed by atoms with Crippen molar-refractivity contribution in [3.05, 3.63) is 60.2 Å². The lowest BCUT2D eigenvalue weighted by atomic mass is 10.0. The van der Waals surface area contributed by atoms with E-state index in [0.29, 0.717) is 0 Å². The molecule has 3 heteroatoms. The number of benzene rings is 1. The van der Waals surface area contributed by atoms with Gasteiger partial charge in [0.1, 0.15) is 5.58 Å². The molecule has 0 aliphatic carbocycles. The van der Waals surface area contributed by atoms with Crippen LogP contribution in [0.25, 0.3) is 11.0 Å². The predicted octanol–water partition coefficient (Wildman–Crippen LogP) is 3.72. The Morgan fingerprint density at radius 2 is 2.06 bits per heavy atom. The first-order chi connectivity index (χ1) is 8.90. The van der Waals surface area contributed by atoms with Gasteiger partial charge in [0.25, 0.3) is 0 Å². The van der Waals surface area contributed by atoms with Crippen molar-refractivity contribution in [1.29, 1.82) is 0 Å². The first-order valence-corrected chi connectivity index (χ1v) is 6.11. The third kappa shape index (κ3) is 1.83. The van der Waals surface area contributed by atoms with Crippen LogP contribution in [-0.2, 0) is 0 Å². The highest BCUT2D eigenvalue weighted by molar-refractivity contribution is 5.81. The molecule has 92 valence electrons. The van der Waals surface area contributed by atoms with Crippen molar-refractivity contribution in [1.82, 2.24) is 5.32 Å². The van der Waals surface area contributed by atoms with E-state index in [2.05, 4.69) is 18.3 Å². The maximum atomic E-state index is 5.60. The van der Waals surface area contributed by atoms with E-state index in [1.165, 1.54) is 0 Å². The number of nitrogens with one attached hydrogen (secondary N) is 1. The van der Waals surface area contributed by atoms with E-state index in [-0.39, 0.29) is 6.04 Å². The van der Waals surface area contributed by atoms with Crippen LogP contribution < -0.4 is 5.32 Å². The smallest absolute Gasteiger partial charge is 0.134 e. The van der Waals surface area contributed by atoms with Gasteiger partial charge in [-0.15, -0.1) is 0 Å². The van der Waals surface area contributed by atoms with Crippen molar-refractivity contribution >= 4 is 11.0 Å². The Kier molecular flexibility index (Phi) is 2.90. The summed E-state index contributed by atoms with van der Waals surface area (Å²) in [5, 5.41) is 4.60. The standard InChI is InChI=1S/C15H15NO2/c1-2-16-15(11-7-8-17-9-11)13-10-18-14-6-4-3-5-12(13)14/h3-10,15-16H,2H2,1H3. The SMILES string of the molecule is CCNC(c1ccoc1)c1coc2ccccc12. The lowest BCUT2D eigenvalue weighted by Crippen LogP contribution is -2.21. The minimum Gasteiger partial charge on any atom is -0.472 e. The zero-order valence-electron chi connectivity index (χ0n) is 10.2. The van der Waals surface area contributed by atoms with Gasteiger partial charge in [0, 0.05) is 16.5 Å². The van der Waals surface area contributed by atoms with Crippen molar-refractivity contribution in [2.45, 2.75) is 13.0 Å². The van der Waals surface area contributed by atoms with E-state index in [1.807, 2.05) is 30.5 Å². The van der Waals surface area contributed by atoms with Crippen LogP contribution in [0.2, 0.25) is 0 Å². The lowest BCUT2D eigenvalue weighted by molar-refractivity contribution is 0.549. The Morgan fingerprint density at radius 1 is 1.17 bits per heavy atom. The van der Waals surface area contributed by atoms with Gasteiger partial charge in [-0.1, -0.05) is 25.1 Å². The number of fused-ring (bicyclic) bond motifs is 1. The van der Waals surface area contributed by atoms with Crippen molar-refractivity contribution < 1.29 is 8.83 Å². The summed E-state index contributed by atoms with van der Waals surface area (Å²) in [7, 11) is 0. The summed E-state index contributed by atoms with van der Waals surface area (Å²) < 4.78 is 10.8. The van der Waals surface area contributed by atoms with Gasteiger partial charge in [0.05, 0.1) is 24.8 Å². The molecule has 0 saturated heterocycles. The quantitative estimate of drug-likeness (QED) is 0.756. The number of hydrogen-bond donors (Lipinski definition) is 1. The molecule has 1 unspecified atom stereocenters. The Morgan fingerprint density at radius 3 is 2.83 bits per heavy atom. The van der Waals surface area contributed by atoms with Crippen LogP contribution >= 0.6 is 0 Å². The molecule has 3 rings (SSSR count). The van der Waals surface area contributed by atoms with Crippen LogP contribution in [0.4, 0.5) is 0 Å².